The minimum Gasteiger partial charge on any atom is -0.464 e. The van der Waals surface area contributed by atoms with Gasteiger partial charge in [-0.15, -0.1) is 0 Å². The summed E-state index contributed by atoms with van der Waals surface area (Å²) in [5, 5.41) is 22.4. The topological polar surface area (TPSA) is 102 Å². The van der Waals surface area contributed by atoms with Crippen LogP contribution in [0.15, 0.2) is 27.8 Å². The SMILES string of the molecule is COC(=O)/C(CCc1ccc(Br)cc1[N+](=O)[O-])=N\O. The standard InChI is InChI=1S/C11H11BrN2O5/c1-19-11(15)9(13-16)5-3-7-2-4-8(12)6-10(7)14(17)18/h2,4,6,16H,3,5H2,1H3/b13-9-. The van der Waals surface area contributed by atoms with Gasteiger partial charge in [-0.3, -0.25) is 10.1 Å². The molecule has 0 saturated carbocycles. The van der Waals surface area contributed by atoms with Crippen molar-refractivity contribution in [3.05, 3.63) is 38.3 Å². The molecule has 0 spiro atoms. The van der Waals surface area contributed by atoms with Crippen molar-refractivity contribution in [2.75, 3.05) is 7.11 Å². The molecule has 0 amide bonds. The molecule has 1 rings (SSSR count). The smallest absolute Gasteiger partial charge is 0.355 e. The molecule has 1 N–H and O–H groups in total. The Morgan fingerprint density at radius 3 is 2.79 bits per heavy atom. The summed E-state index contributed by atoms with van der Waals surface area (Å²) in [6, 6.07) is 4.62. The van der Waals surface area contributed by atoms with Crippen LogP contribution in [0.5, 0.6) is 0 Å². The second-order valence-corrected chi connectivity index (χ2v) is 4.48. The maximum absolute atomic E-state index is 11.2. The van der Waals surface area contributed by atoms with Gasteiger partial charge >= 0.3 is 5.97 Å². The minimum atomic E-state index is -0.762. The van der Waals surface area contributed by atoms with Crippen molar-refractivity contribution in [3.8, 4) is 0 Å². The van der Waals surface area contributed by atoms with E-state index in [1.54, 1.807) is 12.1 Å². The van der Waals surface area contributed by atoms with Crippen molar-refractivity contribution in [1.82, 2.24) is 0 Å². The van der Waals surface area contributed by atoms with Gasteiger partial charge in [0.25, 0.3) is 5.69 Å². The lowest BCUT2D eigenvalue weighted by Crippen LogP contribution is -2.16. The number of ether oxygens (including phenoxy) is 1. The minimum absolute atomic E-state index is 0.0473. The zero-order chi connectivity index (χ0) is 14.4. The molecule has 1 aromatic rings. The molecule has 0 radical (unpaired) electrons. The fraction of sp³-hybridized carbons (Fsp3) is 0.273. The highest BCUT2D eigenvalue weighted by Gasteiger charge is 2.17. The van der Waals surface area contributed by atoms with E-state index in [-0.39, 0.29) is 24.2 Å². The van der Waals surface area contributed by atoms with E-state index in [0.29, 0.717) is 10.0 Å². The number of methoxy groups -OCH3 is 1. The van der Waals surface area contributed by atoms with Crippen LogP contribution in [0, 0.1) is 10.1 Å². The summed E-state index contributed by atoms with van der Waals surface area (Å²) in [6.45, 7) is 0. The lowest BCUT2D eigenvalue weighted by atomic mass is 10.1. The van der Waals surface area contributed by atoms with Crippen molar-refractivity contribution in [3.63, 3.8) is 0 Å². The van der Waals surface area contributed by atoms with Crippen molar-refractivity contribution < 1.29 is 19.7 Å². The summed E-state index contributed by atoms with van der Waals surface area (Å²) in [5.41, 5.74) is 0.203. The molecule has 0 bridgehead atoms. The van der Waals surface area contributed by atoms with E-state index in [0.717, 1.165) is 7.11 Å². The molecule has 0 unspecified atom stereocenters. The second-order valence-electron chi connectivity index (χ2n) is 3.57. The lowest BCUT2D eigenvalue weighted by molar-refractivity contribution is -0.385. The largest absolute Gasteiger partial charge is 0.464 e. The molecule has 0 atom stereocenters. The zero-order valence-electron chi connectivity index (χ0n) is 10.00. The lowest BCUT2D eigenvalue weighted by Gasteiger charge is -2.04. The quantitative estimate of drug-likeness (QED) is 0.293. The average Bonchev–Trinajstić information content (AvgIpc) is 2.40. The van der Waals surface area contributed by atoms with Crippen LogP contribution in [-0.2, 0) is 16.0 Å². The van der Waals surface area contributed by atoms with Crippen molar-refractivity contribution in [2.24, 2.45) is 5.16 Å². The zero-order valence-corrected chi connectivity index (χ0v) is 11.6. The highest BCUT2D eigenvalue weighted by atomic mass is 79.9. The Hall–Kier alpha value is -1.96. The monoisotopic (exact) mass is 330 g/mol. The molecule has 7 nitrogen and oxygen atoms in total. The molecule has 19 heavy (non-hydrogen) atoms. The maximum Gasteiger partial charge on any atom is 0.355 e. The van der Waals surface area contributed by atoms with Crippen LogP contribution in [0.3, 0.4) is 0 Å². The number of benzene rings is 1. The Balaban J connectivity index is 2.89. The summed E-state index contributed by atoms with van der Waals surface area (Å²) in [7, 11) is 1.16. The van der Waals surface area contributed by atoms with Crippen LogP contribution in [0.4, 0.5) is 5.69 Å². The van der Waals surface area contributed by atoms with Gasteiger partial charge in [0.05, 0.1) is 12.0 Å². The summed E-state index contributed by atoms with van der Waals surface area (Å²) in [5.74, 6) is -0.762. The van der Waals surface area contributed by atoms with Crippen LogP contribution in [0.1, 0.15) is 12.0 Å². The van der Waals surface area contributed by atoms with Crippen LogP contribution < -0.4 is 0 Å². The van der Waals surface area contributed by atoms with E-state index >= 15 is 0 Å². The number of esters is 1. The molecular formula is C11H11BrN2O5. The third-order valence-corrected chi connectivity index (χ3v) is 2.91. The number of carbonyl (C=O) groups is 1. The summed E-state index contributed by atoms with van der Waals surface area (Å²) in [4.78, 5) is 21.6. The van der Waals surface area contributed by atoms with Crippen LogP contribution in [0.2, 0.25) is 0 Å². The fourth-order valence-electron chi connectivity index (χ4n) is 1.48. The number of aryl methyl sites for hydroxylation is 1. The first kappa shape index (κ1) is 15.1. The van der Waals surface area contributed by atoms with Crippen molar-refractivity contribution in [1.29, 1.82) is 0 Å². The third-order valence-electron chi connectivity index (χ3n) is 2.42. The van der Waals surface area contributed by atoms with E-state index < -0.39 is 10.9 Å². The van der Waals surface area contributed by atoms with Gasteiger partial charge in [-0.25, -0.2) is 4.79 Å². The predicted octanol–water partition coefficient (Wildman–Crippen LogP) is 2.29. The number of halogens is 1. The molecular weight excluding hydrogens is 320 g/mol. The number of rotatable bonds is 5. The molecule has 1 aromatic carbocycles. The molecule has 8 heteroatoms. The number of carbonyl (C=O) groups excluding carboxylic acids is 1. The molecule has 0 fully saturated rings. The number of nitro benzene ring substituents is 1. The predicted molar refractivity (Wildman–Crippen MR) is 70.4 cm³/mol. The van der Waals surface area contributed by atoms with Gasteiger partial charge in [-0.05, 0) is 12.5 Å². The Morgan fingerprint density at radius 1 is 1.58 bits per heavy atom. The first-order valence-electron chi connectivity index (χ1n) is 5.21. The Morgan fingerprint density at radius 2 is 2.26 bits per heavy atom. The maximum atomic E-state index is 11.2. The Labute approximate surface area is 117 Å². The van der Waals surface area contributed by atoms with Gasteiger partial charge in [0.2, 0.25) is 0 Å². The van der Waals surface area contributed by atoms with Crippen LogP contribution in [-0.4, -0.2) is 28.9 Å². The third kappa shape index (κ3) is 4.02. The fourth-order valence-corrected chi connectivity index (χ4v) is 1.83. The molecule has 0 heterocycles. The van der Waals surface area contributed by atoms with Gasteiger partial charge < -0.3 is 9.94 Å². The van der Waals surface area contributed by atoms with Crippen LogP contribution in [0.25, 0.3) is 0 Å². The van der Waals surface area contributed by atoms with E-state index in [4.69, 9.17) is 5.21 Å². The van der Waals surface area contributed by atoms with E-state index in [1.807, 2.05) is 0 Å². The van der Waals surface area contributed by atoms with E-state index in [2.05, 4.69) is 25.8 Å². The van der Waals surface area contributed by atoms with Gasteiger partial charge in [0, 0.05) is 22.5 Å². The Bertz CT molecular complexity index is 530. The summed E-state index contributed by atoms with van der Waals surface area (Å²) in [6.07, 6.45) is 0.240. The second kappa shape index (κ2) is 6.83. The molecule has 0 aliphatic rings. The first-order valence-corrected chi connectivity index (χ1v) is 6.01. The van der Waals surface area contributed by atoms with E-state index in [9.17, 15) is 14.9 Å². The average molecular weight is 331 g/mol. The van der Waals surface area contributed by atoms with Gasteiger partial charge in [0.15, 0.2) is 5.71 Å². The van der Waals surface area contributed by atoms with Gasteiger partial charge in [0.1, 0.15) is 0 Å². The molecule has 0 aliphatic carbocycles. The Kier molecular flexibility index (Phi) is 5.43. The number of nitrogens with zero attached hydrogens (tertiary/aromatic N) is 2. The van der Waals surface area contributed by atoms with Crippen LogP contribution >= 0.6 is 15.9 Å². The first-order chi connectivity index (χ1) is 8.99. The van der Waals surface area contributed by atoms with Crippen molar-refractivity contribution >= 4 is 33.3 Å². The van der Waals surface area contributed by atoms with Gasteiger partial charge in [-0.1, -0.05) is 27.2 Å². The van der Waals surface area contributed by atoms with Crippen molar-refractivity contribution in [2.45, 2.75) is 12.8 Å². The summed E-state index contributed by atoms with van der Waals surface area (Å²) < 4.78 is 5.01. The highest BCUT2D eigenvalue weighted by molar-refractivity contribution is 9.10. The summed E-state index contributed by atoms with van der Waals surface area (Å²) >= 11 is 3.15. The normalized spacial score (nSPS) is 11.2. The number of oxime groups is 1. The number of nitro groups is 1. The molecule has 102 valence electrons. The molecule has 0 aromatic heterocycles. The van der Waals surface area contributed by atoms with Gasteiger partial charge in [-0.2, -0.15) is 0 Å². The molecule has 0 aliphatic heterocycles. The highest BCUT2D eigenvalue weighted by Crippen LogP contribution is 2.24. The van der Waals surface area contributed by atoms with E-state index in [1.165, 1.54) is 6.07 Å². The number of hydrogen-bond donors (Lipinski definition) is 1. The molecule has 0 saturated heterocycles. The number of hydrogen-bond acceptors (Lipinski definition) is 6.